The van der Waals surface area contributed by atoms with Gasteiger partial charge in [0, 0.05) is 0 Å². The summed E-state index contributed by atoms with van der Waals surface area (Å²) in [6.45, 7) is 4.08. The Kier molecular flexibility index (Phi) is 35.8. The third-order valence-electron chi connectivity index (χ3n) is 8.85. The van der Waals surface area contributed by atoms with Crippen LogP contribution in [0.3, 0.4) is 0 Å². The van der Waals surface area contributed by atoms with Crippen molar-refractivity contribution in [2.75, 3.05) is 6.61 Å². The molecule has 0 bridgehead atoms. The summed E-state index contributed by atoms with van der Waals surface area (Å²) >= 11 is 0. The molecule has 274 valence electrons. The van der Waals surface area contributed by atoms with Gasteiger partial charge in [-0.1, -0.05) is 172 Å². The van der Waals surface area contributed by atoms with Crippen molar-refractivity contribution in [1.29, 1.82) is 0 Å². The molecule has 0 spiro atoms. The van der Waals surface area contributed by atoms with Crippen molar-refractivity contribution in [3.8, 4) is 0 Å². The lowest BCUT2D eigenvalue weighted by atomic mass is 10.0. The number of carbonyl (C=O) groups excluding carboxylic acids is 1. The van der Waals surface area contributed by atoms with Crippen LogP contribution in [0.15, 0.2) is 48.6 Å². The maximum Gasteiger partial charge on any atom is 0.249 e. The molecule has 47 heavy (non-hydrogen) atoms. The molecule has 0 saturated heterocycles. The van der Waals surface area contributed by atoms with Gasteiger partial charge in [-0.25, -0.2) is 0 Å². The molecule has 0 aromatic heterocycles. The standard InChI is InChI=1S/C42H77NO4/c1-3-5-7-9-11-13-15-16-17-18-19-20-21-22-23-24-25-27-29-31-33-35-37-41(46)42(47)43-39(38-44)40(45)36-34-32-30-28-26-14-12-10-8-6-4-2/h8,10,22-23,26,28,34,36,39-41,44-46H,3-7,9,11-21,24-25,27,29-33,35,37-38H2,1-2H3,(H,43,47)/b10-8+,23-22-,28-26+,36-34+. The number of nitrogens with one attached hydrogen (secondary N) is 1. The van der Waals surface area contributed by atoms with Crippen LogP contribution in [0.1, 0.15) is 187 Å². The monoisotopic (exact) mass is 660 g/mol. The van der Waals surface area contributed by atoms with Crippen molar-refractivity contribution in [1.82, 2.24) is 5.32 Å². The van der Waals surface area contributed by atoms with E-state index in [1.54, 1.807) is 6.08 Å². The molecule has 1 amide bonds. The first-order valence-electron chi connectivity index (χ1n) is 20.0. The van der Waals surface area contributed by atoms with Crippen LogP contribution in [-0.2, 0) is 4.79 Å². The molecule has 0 aliphatic rings. The van der Waals surface area contributed by atoms with E-state index in [4.69, 9.17) is 0 Å². The van der Waals surface area contributed by atoms with Gasteiger partial charge >= 0.3 is 0 Å². The molecule has 0 aliphatic carbocycles. The van der Waals surface area contributed by atoms with Crippen LogP contribution in [0.2, 0.25) is 0 Å². The summed E-state index contributed by atoms with van der Waals surface area (Å²) in [4.78, 5) is 12.4. The molecular formula is C42H77NO4. The van der Waals surface area contributed by atoms with Crippen molar-refractivity contribution in [2.24, 2.45) is 0 Å². The summed E-state index contributed by atoms with van der Waals surface area (Å²) in [6, 6.07) is -0.822. The Morgan fingerprint density at radius 2 is 0.915 bits per heavy atom. The van der Waals surface area contributed by atoms with Crippen molar-refractivity contribution in [3.05, 3.63) is 48.6 Å². The second kappa shape index (κ2) is 37.1. The van der Waals surface area contributed by atoms with Gasteiger partial charge < -0.3 is 20.6 Å². The van der Waals surface area contributed by atoms with Crippen molar-refractivity contribution in [3.63, 3.8) is 0 Å². The molecule has 4 N–H and O–H groups in total. The van der Waals surface area contributed by atoms with Crippen LogP contribution in [0.5, 0.6) is 0 Å². The van der Waals surface area contributed by atoms with Crippen LogP contribution in [-0.4, -0.2) is 46.1 Å². The molecule has 5 heteroatoms. The van der Waals surface area contributed by atoms with Crippen molar-refractivity contribution in [2.45, 2.75) is 205 Å². The molecule has 0 heterocycles. The van der Waals surface area contributed by atoms with Gasteiger partial charge in [-0.2, -0.15) is 0 Å². The average Bonchev–Trinajstić information content (AvgIpc) is 3.07. The van der Waals surface area contributed by atoms with Crippen molar-refractivity contribution >= 4 is 5.91 Å². The number of amides is 1. The van der Waals surface area contributed by atoms with Gasteiger partial charge in [0.05, 0.1) is 18.8 Å². The molecule has 0 fully saturated rings. The molecule has 0 saturated carbocycles. The predicted molar refractivity (Wildman–Crippen MR) is 204 cm³/mol. The molecule has 0 aliphatic heterocycles. The summed E-state index contributed by atoms with van der Waals surface area (Å²) in [5, 5.41) is 32.9. The Morgan fingerprint density at radius 1 is 0.511 bits per heavy atom. The third-order valence-corrected chi connectivity index (χ3v) is 8.85. The van der Waals surface area contributed by atoms with Crippen LogP contribution < -0.4 is 5.32 Å². The van der Waals surface area contributed by atoms with Gasteiger partial charge in [0.1, 0.15) is 6.10 Å². The molecule has 3 unspecified atom stereocenters. The lowest BCUT2D eigenvalue weighted by Crippen LogP contribution is -2.48. The summed E-state index contributed by atoms with van der Waals surface area (Å²) in [6.07, 6.45) is 47.1. The largest absolute Gasteiger partial charge is 0.394 e. The minimum Gasteiger partial charge on any atom is -0.394 e. The Hall–Kier alpha value is -1.69. The zero-order chi connectivity index (χ0) is 34.5. The summed E-state index contributed by atoms with van der Waals surface area (Å²) in [7, 11) is 0. The molecule has 3 atom stereocenters. The average molecular weight is 660 g/mol. The minimum atomic E-state index is -1.11. The van der Waals surface area contributed by atoms with Gasteiger partial charge in [-0.15, -0.1) is 0 Å². The number of carbonyl (C=O) groups is 1. The first-order chi connectivity index (χ1) is 23.1. The van der Waals surface area contributed by atoms with Gasteiger partial charge in [0.2, 0.25) is 5.91 Å². The van der Waals surface area contributed by atoms with Crippen LogP contribution in [0, 0.1) is 0 Å². The van der Waals surface area contributed by atoms with Crippen LogP contribution >= 0.6 is 0 Å². The lowest BCUT2D eigenvalue weighted by Gasteiger charge is -2.21. The number of aliphatic hydroxyl groups is 3. The fourth-order valence-corrected chi connectivity index (χ4v) is 5.69. The lowest BCUT2D eigenvalue weighted by molar-refractivity contribution is -0.131. The Labute approximate surface area is 291 Å². The van der Waals surface area contributed by atoms with E-state index in [0.29, 0.717) is 6.42 Å². The van der Waals surface area contributed by atoms with E-state index in [2.05, 4.69) is 55.6 Å². The highest BCUT2D eigenvalue weighted by Crippen LogP contribution is 2.14. The summed E-state index contributed by atoms with van der Waals surface area (Å²) < 4.78 is 0. The number of hydrogen-bond donors (Lipinski definition) is 4. The van der Waals surface area contributed by atoms with E-state index in [-0.39, 0.29) is 6.61 Å². The topological polar surface area (TPSA) is 89.8 Å². The predicted octanol–water partition coefficient (Wildman–Crippen LogP) is 11.0. The normalized spacial score (nSPS) is 14.2. The van der Waals surface area contributed by atoms with Crippen molar-refractivity contribution < 1.29 is 20.1 Å². The Balaban J connectivity index is 3.71. The Morgan fingerprint density at radius 3 is 1.38 bits per heavy atom. The van der Waals surface area contributed by atoms with E-state index in [1.165, 1.54) is 116 Å². The highest BCUT2D eigenvalue weighted by atomic mass is 16.3. The highest BCUT2D eigenvalue weighted by Gasteiger charge is 2.22. The zero-order valence-electron chi connectivity index (χ0n) is 30.9. The zero-order valence-corrected chi connectivity index (χ0v) is 30.9. The number of allylic oxidation sites excluding steroid dienone is 7. The summed E-state index contributed by atoms with van der Waals surface area (Å²) in [5.74, 6) is -0.525. The molecule has 5 nitrogen and oxygen atoms in total. The first kappa shape index (κ1) is 45.3. The number of hydrogen-bond acceptors (Lipinski definition) is 4. The fourth-order valence-electron chi connectivity index (χ4n) is 5.69. The maximum absolute atomic E-state index is 12.4. The molecule has 0 aromatic carbocycles. The quantitative estimate of drug-likeness (QED) is 0.0402. The van der Waals surface area contributed by atoms with Crippen LogP contribution in [0.25, 0.3) is 0 Å². The van der Waals surface area contributed by atoms with Gasteiger partial charge in [0.25, 0.3) is 0 Å². The number of aliphatic hydroxyl groups excluding tert-OH is 3. The SMILES string of the molecule is CCC/C=C/CC/C=C/CC/C=C/C(O)C(CO)NC(=O)C(O)CCCCCCCC/C=C\CCCCCCCCCCCCCC. The van der Waals surface area contributed by atoms with Crippen LogP contribution in [0.4, 0.5) is 0 Å². The minimum absolute atomic E-state index is 0.385. The molecule has 0 radical (unpaired) electrons. The fraction of sp³-hybridized carbons (Fsp3) is 0.786. The van der Waals surface area contributed by atoms with Gasteiger partial charge in [0.15, 0.2) is 0 Å². The van der Waals surface area contributed by atoms with Gasteiger partial charge in [-0.3, -0.25) is 4.79 Å². The highest BCUT2D eigenvalue weighted by molar-refractivity contribution is 5.80. The number of unbranched alkanes of at least 4 members (excludes halogenated alkanes) is 21. The number of rotatable bonds is 35. The third kappa shape index (κ3) is 32.6. The van der Waals surface area contributed by atoms with E-state index >= 15 is 0 Å². The molecule has 0 rings (SSSR count). The smallest absolute Gasteiger partial charge is 0.249 e. The second-order valence-electron chi connectivity index (χ2n) is 13.5. The summed E-state index contributed by atoms with van der Waals surface area (Å²) in [5.41, 5.74) is 0. The van der Waals surface area contributed by atoms with Gasteiger partial charge in [-0.05, 0) is 64.2 Å². The molecular weight excluding hydrogens is 582 g/mol. The van der Waals surface area contributed by atoms with E-state index in [1.807, 2.05) is 6.08 Å². The Bertz CT molecular complexity index is 775. The molecule has 0 aromatic rings. The van der Waals surface area contributed by atoms with E-state index in [0.717, 1.165) is 51.4 Å². The van der Waals surface area contributed by atoms with E-state index < -0.39 is 24.2 Å². The second-order valence-corrected chi connectivity index (χ2v) is 13.5. The maximum atomic E-state index is 12.4. The first-order valence-corrected chi connectivity index (χ1v) is 20.0. The van der Waals surface area contributed by atoms with E-state index in [9.17, 15) is 20.1 Å².